The van der Waals surface area contributed by atoms with Gasteiger partial charge in [0.1, 0.15) is 0 Å². The van der Waals surface area contributed by atoms with Crippen LogP contribution < -0.4 is 5.32 Å². The lowest BCUT2D eigenvalue weighted by Gasteiger charge is -2.43. The molecule has 20 heavy (non-hydrogen) atoms. The summed E-state index contributed by atoms with van der Waals surface area (Å²) < 4.78 is 5.27. The van der Waals surface area contributed by atoms with E-state index < -0.39 is 0 Å². The highest BCUT2D eigenvalue weighted by atomic mass is 16.5. The summed E-state index contributed by atoms with van der Waals surface area (Å²) in [6.07, 6.45) is 7.95. The standard InChI is InChI=1S/C17H34N2O/c1-5-9-18-14-11-15-6-7-16(12-14)19(15)13-17(2,3)8-10-20-4/h14-16,18H,5-13H2,1-4H3. The van der Waals surface area contributed by atoms with Crippen molar-refractivity contribution < 1.29 is 4.74 Å². The van der Waals surface area contributed by atoms with Gasteiger partial charge in [0.2, 0.25) is 0 Å². The molecule has 0 aromatic carbocycles. The molecule has 2 rings (SSSR count). The van der Waals surface area contributed by atoms with Gasteiger partial charge in [-0.2, -0.15) is 0 Å². The van der Waals surface area contributed by atoms with Gasteiger partial charge < -0.3 is 10.1 Å². The van der Waals surface area contributed by atoms with E-state index in [-0.39, 0.29) is 0 Å². The number of piperidine rings is 1. The average Bonchev–Trinajstić information content (AvgIpc) is 2.65. The van der Waals surface area contributed by atoms with E-state index in [1.807, 2.05) is 7.11 Å². The summed E-state index contributed by atoms with van der Waals surface area (Å²) in [6, 6.07) is 2.42. The van der Waals surface area contributed by atoms with E-state index in [0.29, 0.717) is 5.41 Å². The van der Waals surface area contributed by atoms with E-state index in [9.17, 15) is 0 Å². The summed E-state index contributed by atoms with van der Waals surface area (Å²) in [5, 5.41) is 3.74. The highest BCUT2D eigenvalue weighted by molar-refractivity contribution is 4.98. The highest BCUT2D eigenvalue weighted by Gasteiger charge is 2.42. The number of ether oxygens (including phenoxy) is 1. The summed E-state index contributed by atoms with van der Waals surface area (Å²) >= 11 is 0. The van der Waals surface area contributed by atoms with Crippen molar-refractivity contribution in [2.24, 2.45) is 5.41 Å². The number of nitrogens with one attached hydrogen (secondary N) is 1. The van der Waals surface area contributed by atoms with Crippen LogP contribution in [-0.4, -0.2) is 49.8 Å². The predicted octanol–water partition coefficient (Wildman–Crippen LogP) is 3.04. The minimum Gasteiger partial charge on any atom is -0.385 e. The fourth-order valence-electron chi connectivity index (χ4n) is 4.00. The van der Waals surface area contributed by atoms with Crippen LogP contribution in [0.3, 0.4) is 0 Å². The van der Waals surface area contributed by atoms with Crippen LogP contribution in [0.5, 0.6) is 0 Å². The van der Waals surface area contributed by atoms with Crippen molar-refractivity contribution in [1.29, 1.82) is 0 Å². The molecule has 2 heterocycles. The molecule has 0 aliphatic carbocycles. The summed E-state index contributed by atoms with van der Waals surface area (Å²) in [6.45, 7) is 10.4. The lowest BCUT2D eigenvalue weighted by molar-refractivity contribution is 0.0569. The van der Waals surface area contributed by atoms with Crippen LogP contribution in [0.2, 0.25) is 0 Å². The van der Waals surface area contributed by atoms with Gasteiger partial charge in [0, 0.05) is 38.4 Å². The molecule has 0 aromatic rings. The number of fused-ring (bicyclic) bond motifs is 2. The van der Waals surface area contributed by atoms with E-state index in [2.05, 4.69) is 31.0 Å². The summed E-state index contributed by atoms with van der Waals surface area (Å²) in [4.78, 5) is 2.82. The maximum absolute atomic E-state index is 5.27. The van der Waals surface area contributed by atoms with Crippen molar-refractivity contribution in [3.63, 3.8) is 0 Å². The Morgan fingerprint density at radius 1 is 1.20 bits per heavy atom. The van der Waals surface area contributed by atoms with E-state index in [1.54, 1.807) is 0 Å². The van der Waals surface area contributed by atoms with Gasteiger partial charge in [-0.3, -0.25) is 4.90 Å². The van der Waals surface area contributed by atoms with Crippen LogP contribution in [0.15, 0.2) is 0 Å². The first-order valence-corrected chi connectivity index (χ1v) is 8.54. The van der Waals surface area contributed by atoms with Crippen LogP contribution in [-0.2, 0) is 4.74 Å². The number of rotatable bonds is 8. The molecule has 118 valence electrons. The van der Waals surface area contributed by atoms with Crippen molar-refractivity contribution in [2.75, 3.05) is 26.8 Å². The molecule has 0 saturated carbocycles. The third-order valence-electron chi connectivity index (χ3n) is 5.16. The Kier molecular flexibility index (Phi) is 5.88. The van der Waals surface area contributed by atoms with E-state index in [4.69, 9.17) is 4.74 Å². The largest absolute Gasteiger partial charge is 0.385 e. The van der Waals surface area contributed by atoms with Crippen molar-refractivity contribution >= 4 is 0 Å². The molecule has 2 bridgehead atoms. The molecule has 1 N–H and O–H groups in total. The topological polar surface area (TPSA) is 24.5 Å². The van der Waals surface area contributed by atoms with Crippen LogP contribution in [0, 0.1) is 5.41 Å². The van der Waals surface area contributed by atoms with Crippen molar-refractivity contribution in [1.82, 2.24) is 10.2 Å². The van der Waals surface area contributed by atoms with Gasteiger partial charge in [0.05, 0.1) is 0 Å². The Bertz CT molecular complexity index is 279. The number of methoxy groups -OCH3 is 1. The molecule has 2 atom stereocenters. The van der Waals surface area contributed by atoms with Gasteiger partial charge in [-0.1, -0.05) is 20.8 Å². The van der Waals surface area contributed by atoms with Gasteiger partial charge in [-0.15, -0.1) is 0 Å². The third kappa shape index (κ3) is 4.19. The monoisotopic (exact) mass is 282 g/mol. The Morgan fingerprint density at radius 3 is 2.40 bits per heavy atom. The van der Waals surface area contributed by atoms with Crippen LogP contribution in [0.1, 0.15) is 59.3 Å². The molecule has 2 saturated heterocycles. The van der Waals surface area contributed by atoms with Crippen molar-refractivity contribution in [3.8, 4) is 0 Å². The third-order valence-corrected chi connectivity index (χ3v) is 5.16. The Morgan fingerprint density at radius 2 is 1.85 bits per heavy atom. The summed E-state index contributed by atoms with van der Waals surface area (Å²) in [5.41, 5.74) is 0.376. The quantitative estimate of drug-likeness (QED) is 0.740. The zero-order chi connectivity index (χ0) is 14.6. The van der Waals surface area contributed by atoms with Crippen molar-refractivity contribution in [2.45, 2.75) is 77.4 Å². The molecular weight excluding hydrogens is 248 g/mol. The predicted molar refractivity (Wildman–Crippen MR) is 85.1 cm³/mol. The van der Waals surface area contributed by atoms with Crippen LogP contribution in [0.4, 0.5) is 0 Å². The Balaban J connectivity index is 1.86. The van der Waals surface area contributed by atoms with Gasteiger partial charge in [-0.05, 0) is 50.5 Å². The molecule has 2 fully saturated rings. The maximum Gasteiger partial charge on any atom is 0.0467 e. The van der Waals surface area contributed by atoms with Gasteiger partial charge >= 0.3 is 0 Å². The zero-order valence-corrected chi connectivity index (χ0v) is 14.0. The van der Waals surface area contributed by atoms with E-state index in [1.165, 1.54) is 45.2 Å². The molecule has 0 spiro atoms. The fourth-order valence-corrected chi connectivity index (χ4v) is 4.00. The number of hydrogen-bond donors (Lipinski definition) is 1. The molecule has 0 aromatic heterocycles. The summed E-state index contributed by atoms with van der Waals surface area (Å²) in [5.74, 6) is 0. The minimum absolute atomic E-state index is 0.376. The van der Waals surface area contributed by atoms with Crippen LogP contribution in [0.25, 0.3) is 0 Å². The molecular formula is C17H34N2O. The number of nitrogens with zero attached hydrogens (tertiary/aromatic N) is 1. The van der Waals surface area contributed by atoms with Gasteiger partial charge in [0.25, 0.3) is 0 Å². The van der Waals surface area contributed by atoms with Gasteiger partial charge in [-0.25, -0.2) is 0 Å². The van der Waals surface area contributed by atoms with Crippen LogP contribution >= 0.6 is 0 Å². The molecule has 2 aliphatic heterocycles. The highest BCUT2D eigenvalue weighted by Crippen LogP contribution is 2.38. The maximum atomic E-state index is 5.27. The SMILES string of the molecule is CCCNC1CC2CCC(C1)N2CC(C)(C)CCOC. The molecule has 0 radical (unpaired) electrons. The van der Waals surface area contributed by atoms with E-state index >= 15 is 0 Å². The zero-order valence-electron chi connectivity index (χ0n) is 14.0. The minimum atomic E-state index is 0.376. The molecule has 3 nitrogen and oxygen atoms in total. The normalized spacial score (nSPS) is 30.9. The smallest absolute Gasteiger partial charge is 0.0467 e. The fraction of sp³-hybridized carbons (Fsp3) is 1.00. The Labute approximate surface area is 125 Å². The molecule has 2 unspecified atom stereocenters. The second-order valence-corrected chi connectivity index (χ2v) is 7.59. The molecule has 2 aliphatic rings. The summed E-state index contributed by atoms with van der Waals surface area (Å²) in [7, 11) is 1.81. The van der Waals surface area contributed by atoms with E-state index in [0.717, 1.165) is 31.2 Å². The molecule has 3 heteroatoms. The first-order valence-electron chi connectivity index (χ1n) is 8.54. The second-order valence-electron chi connectivity index (χ2n) is 7.59. The number of hydrogen-bond acceptors (Lipinski definition) is 3. The average molecular weight is 282 g/mol. The van der Waals surface area contributed by atoms with Crippen molar-refractivity contribution in [3.05, 3.63) is 0 Å². The Hall–Kier alpha value is -0.120. The first kappa shape index (κ1) is 16.3. The molecule has 0 amide bonds. The lowest BCUT2D eigenvalue weighted by Crippen LogP contribution is -2.51. The second kappa shape index (κ2) is 7.24. The first-order chi connectivity index (χ1) is 9.55. The lowest BCUT2D eigenvalue weighted by atomic mass is 9.86. The van der Waals surface area contributed by atoms with Gasteiger partial charge in [0.15, 0.2) is 0 Å².